The standard InChI is InChI=1S/C11H21NO4S/c1-10(13)9-11-5-3-4-6-12(11)17(14,15)8-7-16-2/h11H,3-9H2,1-2H3. The average Bonchev–Trinajstić information content (AvgIpc) is 2.26. The van der Waals surface area contributed by atoms with Crippen LogP contribution in [0.4, 0.5) is 0 Å². The Morgan fingerprint density at radius 2 is 2.12 bits per heavy atom. The summed E-state index contributed by atoms with van der Waals surface area (Å²) >= 11 is 0. The number of carbonyl (C=O) groups is 1. The van der Waals surface area contributed by atoms with Crippen molar-refractivity contribution in [1.82, 2.24) is 4.31 Å². The zero-order valence-electron chi connectivity index (χ0n) is 10.5. The summed E-state index contributed by atoms with van der Waals surface area (Å²) in [6, 6.07) is -0.150. The zero-order valence-corrected chi connectivity index (χ0v) is 11.3. The fourth-order valence-electron chi connectivity index (χ4n) is 2.18. The minimum atomic E-state index is -3.28. The molecule has 0 amide bonds. The van der Waals surface area contributed by atoms with Crippen molar-refractivity contribution >= 4 is 15.8 Å². The normalized spacial score (nSPS) is 22.6. The molecule has 100 valence electrons. The number of sulfonamides is 1. The van der Waals surface area contributed by atoms with Gasteiger partial charge in [0.05, 0.1) is 12.4 Å². The van der Waals surface area contributed by atoms with E-state index in [0.717, 1.165) is 19.3 Å². The molecule has 0 bridgehead atoms. The van der Waals surface area contributed by atoms with Crippen molar-refractivity contribution in [2.75, 3.05) is 26.0 Å². The molecule has 0 aromatic carbocycles. The summed E-state index contributed by atoms with van der Waals surface area (Å²) in [6.45, 7) is 2.24. The lowest BCUT2D eigenvalue weighted by Gasteiger charge is -2.34. The van der Waals surface area contributed by atoms with Crippen LogP contribution in [-0.2, 0) is 19.6 Å². The fourth-order valence-corrected chi connectivity index (χ4v) is 3.84. The maximum atomic E-state index is 12.1. The molecule has 1 heterocycles. The van der Waals surface area contributed by atoms with E-state index in [0.29, 0.717) is 13.0 Å². The van der Waals surface area contributed by atoms with Gasteiger partial charge in [0.1, 0.15) is 5.78 Å². The Morgan fingerprint density at radius 3 is 2.71 bits per heavy atom. The predicted molar refractivity (Wildman–Crippen MR) is 65.3 cm³/mol. The zero-order chi connectivity index (χ0) is 12.9. The Hall–Kier alpha value is -0.460. The Kier molecular flexibility index (Phi) is 5.55. The SMILES string of the molecule is COCCS(=O)(=O)N1CCCCC1CC(C)=O. The van der Waals surface area contributed by atoms with E-state index < -0.39 is 10.0 Å². The number of rotatable bonds is 6. The summed E-state index contributed by atoms with van der Waals surface area (Å²) in [4.78, 5) is 11.2. The van der Waals surface area contributed by atoms with Gasteiger partial charge in [-0.2, -0.15) is 4.31 Å². The largest absolute Gasteiger partial charge is 0.384 e. The number of methoxy groups -OCH3 is 1. The molecule has 0 aromatic rings. The maximum Gasteiger partial charge on any atom is 0.216 e. The van der Waals surface area contributed by atoms with E-state index in [1.165, 1.54) is 18.3 Å². The van der Waals surface area contributed by atoms with Gasteiger partial charge in [-0.25, -0.2) is 8.42 Å². The number of nitrogens with zero attached hydrogens (tertiary/aromatic N) is 1. The number of hydrogen-bond acceptors (Lipinski definition) is 4. The molecule has 1 rings (SSSR count). The van der Waals surface area contributed by atoms with Crippen molar-refractivity contribution in [3.8, 4) is 0 Å². The molecule has 1 saturated heterocycles. The summed E-state index contributed by atoms with van der Waals surface area (Å²) in [7, 11) is -1.80. The molecule has 0 spiro atoms. The Morgan fingerprint density at radius 1 is 1.41 bits per heavy atom. The van der Waals surface area contributed by atoms with Crippen molar-refractivity contribution in [2.24, 2.45) is 0 Å². The van der Waals surface area contributed by atoms with E-state index in [1.807, 2.05) is 0 Å². The highest BCUT2D eigenvalue weighted by Crippen LogP contribution is 2.23. The molecule has 0 N–H and O–H groups in total. The molecule has 17 heavy (non-hydrogen) atoms. The highest BCUT2D eigenvalue weighted by Gasteiger charge is 2.32. The van der Waals surface area contributed by atoms with Crippen LogP contribution in [-0.4, -0.2) is 50.6 Å². The minimum absolute atomic E-state index is 0.00208. The van der Waals surface area contributed by atoms with Crippen LogP contribution >= 0.6 is 0 Å². The van der Waals surface area contributed by atoms with Gasteiger partial charge in [0.25, 0.3) is 0 Å². The van der Waals surface area contributed by atoms with Gasteiger partial charge in [0.15, 0.2) is 0 Å². The summed E-state index contributed by atoms with van der Waals surface area (Å²) < 4.78 is 30.5. The van der Waals surface area contributed by atoms with E-state index in [9.17, 15) is 13.2 Å². The van der Waals surface area contributed by atoms with Gasteiger partial charge in [0.2, 0.25) is 10.0 Å². The van der Waals surface area contributed by atoms with E-state index >= 15 is 0 Å². The van der Waals surface area contributed by atoms with Gasteiger partial charge in [-0.05, 0) is 19.8 Å². The van der Waals surface area contributed by atoms with Crippen LogP contribution < -0.4 is 0 Å². The van der Waals surface area contributed by atoms with Crippen LogP contribution in [0.3, 0.4) is 0 Å². The molecule has 6 heteroatoms. The Balaban J connectivity index is 2.72. The third-order valence-electron chi connectivity index (χ3n) is 3.00. The van der Waals surface area contributed by atoms with Gasteiger partial charge in [-0.3, -0.25) is 4.79 Å². The molecule has 1 fully saturated rings. The molecule has 1 unspecified atom stereocenters. The summed E-state index contributed by atoms with van der Waals surface area (Å²) in [5.74, 6) is 0.0431. The third kappa shape index (κ3) is 4.37. The van der Waals surface area contributed by atoms with Crippen LogP contribution in [0, 0.1) is 0 Å². The van der Waals surface area contributed by atoms with E-state index in [4.69, 9.17) is 4.74 Å². The van der Waals surface area contributed by atoms with Gasteiger partial charge in [-0.1, -0.05) is 6.42 Å². The van der Waals surface area contributed by atoms with Crippen LogP contribution in [0.1, 0.15) is 32.6 Å². The van der Waals surface area contributed by atoms with Crippen LogP contribution in [0.5, 0.6) is 0 Å². The first kappa shape index (κ1) is 14.6. The van der Waals surface area contributed by atoms with Gasteiger partial charge in [0, 0.05) is 26.1 Å². The van der Waals surface area contributed by atoms with Crippen molar-refractivity contribution in [1.29, 1.82) is 0 Å². The number of Topliss-reactive ketones (excluding diaryl/α,β-unsaturated/α-hetero) is 1. The first-order valence-corrected chi connectivity index (χ1v) is 7.56. The van der Waals surface area contributed by atoms with Crippen LogP contribution in [0.25, 0.3) is 0 Å². The van der Waals surface area contributed by atoms with E-state index in [2.05, 4.69) is 0 Å². The molecule has 1 aliphatic rings. The summed E-state index contributed by atoms with van der Waals surface area (Å²) in [6.07, 6.45) is 2.98. The topological polar surface area (TPSA) is 63.7 Å². The highest BCUT2D eigenvalue weighted by atomic mass is 32.2. The van der Waals surface area contributed by atoms with Crippen molar-refractivity contribution in [2.45, 2.75) is 38.6 Å². The second-order valence-electron chi connectivity index (χ2n) is 4.48. The van der Waals surface area contributed by atoms with Gasteiger partial charge < -0.3 is 4.74 Å². The molecular formula is C11H21NO4S. The highest BCUT2D eigenvalue weighted by molar-refractivity contribution is 7.89. The fraction of sp³-hybridized carbons (Fsp3) is 0.909. The van der Waals surface area contributed by atoms with Crippen molar-refractivity contribution < 1.29 is 17.9 Å². The number of ketones is 1. The molecule has 0 radical (unpaired) electrons. The lowest BCUT2D eigenvalue weighted by molar-refractivity contribution is -0.118. The summed E-state index contributed by atoms with van der Waals surface area (Å²) in [5.41, 5.74) is 0. The second-order valence-corrected chi connectivity index (χ2v) is 6.52. The maximum absolute atomic E-state index is 12.1. The molecule has 0 saturated carbocycles. The van der Waals surface area contributed by atoms with Gasteiger partial charge >= 0.3 is 0 Å². The molecule has 0 aliphatic carbocycles. The molecule has 0 aromatic heterocycles. The van der Waals surface area contributed by atoms with E-state index in [-0.39, 0.29) is 24.2 Å². The lowest BCUT2D eigenvalue weighted by atomic mass is 10.0. The molecule has 5 nitrogen and oxygen atoms in total. The number of hydrogen-bond donors (Lipinski definition) is 0. The van der Waals surface area contributed by atoms with Crippen LogP contribution in [0.2, 0.25) is 0 Å². The lowest BCUT2D eigenvalue weighted by Crippen LogP contribution is -2.46. The first-order valence-electron chi connectivity index (χ1n) is 5.95. The molecular weight excluding hydrogens is 242 g/mol. The monoisotopic (exact) mass is 263 g/mol. The molecule has 1 aliphatic heterocycles. The number of ether oxygens (including phenoxy) is 1. The minimum Gasteiger partial charge on any atom is -0.384 e. The number of carbonyl (C=O) groups excluding carboxylic acids is 1. The third-order valence-corrected chi connectivity index (χ3v) is 4.88. The van der Waals surface area contributed by atoms with E-state index in [1.54, 1.807) is 0 Å². The number of piperidine rings is 1. The van der Waals surface area contributed by atoms with Crippen LogP contribution in [0.15, 0.2) is 0 Å². The average molecular weight is 263 g/mol. The predicted octanol–water partition coefficient (Wildman–Crippen LogP) is 0.796. The Labute approximate surface area is 103 Å². The second kappa shape index (κ2) is 6.47. The molecule has 1 atom stereocenters. The van der Waals surface area contributed by atoms with Crippen molar-refractivity contribution in [3.05, 3.63) is 0 Å². The first-order chi connectivity index (χ1) is 7.97. The Bertz CT molecular complexity index is 352. The summed E-state index contributed by atoms with van der Waals surface area (Å²) in [5, 5.41) is 0. The quantitative estimate of drug-likeness (QED) is 0.711. The van der Waals surface area contributed by atoms with Crippen molar-refractivity contribution in [3.63, 3.8) is 0 Å². The smallest absolute Gasteiger partial charge is 0.216 e. The van der Waals surface area contributed by atoms with Gasteiger partial charge in [-0.15, -0.1) is 0 Å².